The molecule has 0 saturated heterocycles. The van der Waals surface area contributed by atoms with Crippen molar-refractivity contribution in [3.63, 3.8) is 0 Å². The van der Waals surface area contributed by atoms with E-state index in [9.17, 15) is 0 Å². The van der Waals surface area contributed by atoms with Crippen molar-refractivity contribution in [1.82, 2.24) is 0 Å². The standard InChI is InChI=1S/C26H45NOSi3/c1-25(2,3)27(28-31(13,14)26(4,5)6)24-20-22(15-17-29(7,8)9)19-23(21-24)16-18-30(10,11)12/h19-21H,1-14H3. The Hall–Kier alpha value is -1.25. The summed E-state index contributed by atoms with van der Waals surface area (Å²) in [5.74, 6) is 6.89. The number of nitrogens with zero attached hydrogens (tertiary/aromatic N) is 1. The molecule has 1 rings (SSSR count). The van der Waals surface area contributed by atoms with Crippen molar-refractivity contribution in [2.24, 2.45) is 0 Å². The Morgan fingerprint density at radius 2 is 1.06 bits per heavy atom. The second-order valence-electron chi connectivity index (χ2n) is 13.1. The molecule has 0 heterocycles. The SMILES string of the molecule is CC(C)(C)N(O[Si](C)(C)C(C)(C)C)c1cc(C#C[Si](C)(C)C)cc(C#C[Si](C)(C)C)c1. The average molecular weight is 472 g/mol. The minimum Gasteiger partial charge on any atom is -0.319 e. The van der Waals surface area contributed by atoms with Crippen LogP contribution < -0.4 is 5.06 Å². The predicted molar refractivity (Wildman–Crippen MR) is 147 cm³/mol. The molecule has 5 heteroatoms. The maximum Gasteiger partial charge on any atom is 0.228 e. The second kappa shape index (κ2) is 9.32. The lowest BCUT2D eigenvalue weighted by atomic mass is 10.1. The lowest BCUT2D eigenvalue weighted by Crippen LogP contribution is -2.52. The van der Waals surface area contributed by atoms with Gasteiger partial charge in [-0.1, -0.05) is 71.9 Å². The zero-order valence-electron chi connectivity index (χ0n) is 22.6. The highest BCUT2D eigenvalue weighted by molar-refractivity contribution is 6.84. The molecule has 0 aliphatic heterocycles. The molecule has 0 amide bonds. The van der Waals surface area contributed by atoms with E-state index in [1.807, 2.05) is 0 Å². The Balaban J connectivity index is 3.68. The summed E-state index contributed by atoms with van der Waals surface area (Å²) in [7, 11) is -4.98. The van der Waals surface area contributed by atoms with Crippen molar-refractivity contribution >= 4 is 30.2 Å². The van der Waals surface area contributed by atoms with Crippen LogP contribution in [0.25, 0.3) is 0 Å². The fraction of sp³-hybridized carbons (Fsp3) is 0.615. The molecule has 0 spiro atoms. The molecule has 0 saturated carbocycles. The van der Waals surface area contributed by atoms with Crippen LogP contribution in [0.3, 0.4) is 0 Å². The van der Waals surface area contributed by atoms with Gasteiger partial charge in [-0.25, -0.2) is 0 Å². The Bertz CT molecular complexity index is 849. The second-order valence-corrected chi connectivity index (χ2v) is 27.3. The van der Waals surface area contributed by atoms with Gasteiger partial charge >= 0.3 is 0 Å². The highest BCUT2D eigenvalue weighted by Gasteiger charge is 2.42. The van der Waals surface area contributed by atoms with Crippen molar-refractivity contribution in [2.45, 2.75) is 104 Å². The first-order valence-electron chi connectivity index (χ1n) is 11.3. The monoisotopic (exact) mass is 471 g/mol. The molecule has 0 radical (unpaired) electrons. The number of hydrogen-bond donors (Lipinski definition) is 0. The largest absolute Gasteiger partial charge is 0.319 e. The highest BCUT2D eigenvalue weighted by atomic mass is 28.4. The fourth-order valence-electron chi connectivity index (χ4n) is 2.33. The summed E-state index contributed by atoms with van der Waals surface area (Å²) < 4.78 is 6.85. The summed E-state index contributed by atoms with van der Waals surface area (Å²) in [5, 5.41) is 2.23. The highest BCUT2D eigenvalue weighted by Crippen LogP contribution is 2.40. The third-order valence-corrected chi connectivity index (χ3v) is 11.1. The van der Waals surface area contributed by atoms with Gasteiger partial charge in [0, 0.05) is 11.1 Å². The average Bonchev–Trinajstić information content (AvgIpc) is 2.52. The number of anilines is 1. The van der Waals surface area contributed by atoms with Crippen LogP contribution in [-0.2, 0) is 4.53 Å². The van der Waals surface area contributed by atoms with Gasteiger partial charge in [0.05, 0.1) is 11.2 Å². The van der Waals surface area contributed by atoms with E-state index in [4.69, 9.17) is 4.53 Å². The van der Waals surface area contributed by atoms with E-state index in [0.717, 1.165) is 16.8 Å². The smallest absolute Gasteiger partial charge is 0.228 e. The van der Waals surface area contributed by atoms with E-state index in [1.165, 1.54) is 0 Å². The van der Waals surface area contributed by atoms with Gasteiger partial charge in [0.25, 0.3) is 0 Å². The quantitative estimate of drug-likeness (QED) is 0.254. The van der Waals surface area contributed by atoms with Crippen molar-refractivity contribution in [1.29, 1.82) is 0 Å². The van der Waals surface area contributed by atoms with Crippen LogP contribution in [0.4, 0.5) is 5.69 Å². The van der Waals surface area contributed by atoms with Crippen LogP contribution in [0.5, 0.6) is 0 Å². The van der Waals surface area contributed by atoms with Gasteiger partial charge in [-0.15, -0.1) is 11.1 Å². The van der Waals surface area contributed by atoms with Gasteiger partial charge in [0.2, 0.25) is 8.32 Å². The van der Waals surface area contributed by atoms with Gasteiger partial charge < -0.3 is 4.53 Å². The van der Waals surface area contributed by atoms with Gasteiger partial charge in [-0.3, -0.25) is 5.06 Å². The summed E-state index contributed by atoms with van der Waals surface area (Å²) in [5.41, 5.74) is 9.92. The van der Waals surface area contributed by atoms with Gasteiger partial charge in [-0.05, 0) is 57.1 Å². The third kappa shape index (κ3) is 9.41. The Morgan fingerprint density at radius 1 is 0.677 bits per heavy atom. The minimum absolute atomic E-state index is 0.117. The molecule has 1 aromatic rings. The van der Waals surface area contributed by atoms with E-state index >= 15 is 0 Å². The van der Waals surface area contributed by atoms with Crippen LogP contribution in [0, 0.1) is 22.9 Å². The summed E-state index contributed by atoms with van der Waals surface area (Å²) in [6, 6.07) is 6.48. The Labute approximate surface area is 196 Å². The first-order chi connectivity index (χ1) is 13.6. The molecule has 1 aromatic carbocycles. The summed E-state index contributed by atoms with van der Waals surface area (Å²) in [6.07, 6.45) is 0. The predicted octanol–water partition coefficient (Wildman–Crippen LogP) is 7.69. The molecule has 0 fully saturated rings. The van der Waals surface area contributed by atoms with Gasteiger partial charge in [0.15, 0.2) is 0 Å². The van der Waals surface area contributed by atoms with E-state index < -0.39 is 24.5 Å². The van der Waals surface area contributed by atoms with E-state index in [2.05, 4.69) is 140 Å². The molecule has 0 unspecified atom stereocenters. The Morgan fingerprint density at radius 3 is 1.35 bits per heavy atom. The third-order valence-electron chi connectivity index (χ3n) is 5.05. The first kappa shape index (κ1) is 27.8. The topological polar surface area (TPSA) is 12.5 Å². The molecule has 0 bridgehead atoms. The maximum atomic E-state index is 6.85. The van der Waals surface area contributed by atoms with Crippen molar-refractivity contribution in [2.75, 3.05) is 5.06 Å². The molecule has 31 heavy (non-hydrogen) atoms. The van der Waals surface area contributed by atoms with E-state index in [-0.39, 0.29) is 10.6 Å². The zero-order chi connectivity index (χ0) is 24.5. The molecule has 0 aromatic heterocycles. The summed E-state index contributed by atoms with van der Waals surface area (Å²) >= 11 is 0. The zero-order valence-corrected chi connectivity index (χ0v) is 25.6. The molecular weight excluding hydrogens is 427 g/mol. The maximum absolute atomic E-state index is 6.85. The van der Waals surface area contributed by atoms with Crippen LogP contribution in [-0.4, -0.2) is 30.0 Å². The molecule has 0 aliphatic rings. The van der Waals surface area contributed by atoms with E-state index in [0.29, 0.717) is 0 Å². The van der Waals surface area contributed by atoms with Crippen molar-refractivity contribution < 1.29 is 4.53 Å². The summed E-state index contributed by atoms with van der Waals surface area (Å²) in [4.78, 5) is 0. The summed E-state index contributed by atoms with van der Waals surface area (Å²) in [6.45, 7) is 31.7. The Kier molecular flexibility index (Phi) is 8.35. The fourth-order valence-corrected chi connectivity index (χ4v) is 4.48. The number of hydroxylamine groups is 1. The van der Waals surface area contributed by atoms with Gasteiger partial charge in [-0.2, -0.15) is 0 Å². The number of hydrogen-bond acceptors (Lipinski definition) is 2. The molecule has 2 nitrogen and oxygen atoms in total. The van der Waals surface area contributed by atoms with Crippen molar-refractivity contribution in [3.8, 4) is 22.9 Å². The first-order valence-corrected chi connectivity index (χ1v) is 21.2. The van der Waals surface area contributed by atoms with Crippen LogP contribution in [0.1, 0.15) is 52.7 Å². The molecule has 0 aliphatic carbocycles. The molecule has 0 atom stereocenters. The minimum atomic E-state index is -2.02. The van der Waals surface area contributed by atoms with Crippen LogP contribution >= 0.6 is 0 Å². The van der Waals surface area contributed by atoms with Crippen LogP contribution in [0.15, 0.2) is 18.2 Å². The molecule has 0 N–H and O–H groups in total. The number of benzene rings is 1. The van der Waals surface area contributed by atoms with E-state index in [1.54, 1.807) is 0 Å². The van der Waals surface area contributed by atoms with Crippen LogP contribution in [0.2, 0.25) is 57.4 Å². The molecule has 172 valence electrons. The lowest BCUT2D eigenvalue weighted by molar-refractivity contribution is 0.185. The normalized spacial score (nSPS) is 13.1. The van der Waals surface area contributed by atoms with Crippen molar-refractivity contribution in [3.05, 3.63) is 29.3 Å². The number of rotatable bonds is 3. The molecular formula is C26H45NOSi3. The van der Waals surface area contributed by atoms with Gasteiger partial charge in [0.1, 0.15) is 16.1 Å². The lowest BCUT2D eigenvalue weighted by Gasteiger charge is -2.45.